The first-order chi connectivity index (χ1) is 20.9. The fourth-order valence-electron chi connectivity index (χ4n) is 6.17. The van der Waals surface area contributed by atoms with Gasteiger partial charge in [0.2, 0.25) is 5.95 Å². The van der Waals surface area contributed by atoms with E-state index in [9.17, 15) is 9.59 Å². The van der Waals surface area contributed by atoms with Crippen LogP contribution in [0.1, 0.15) is 65.7 Å². The molecule has 1 aromatic heterocycles. The zero-order valence-corrected chi connectivity index (χ0v) is 25.5. The van der Waals surface area contributed by atoms with Gasteiger partial charge in [0, 0.05) is 35.3 Å². The highest BCUT2D eigenvalue weighted by atomic mass is 35.5. The van der Waals surface area contributed by atoms with Gasteiger partial charge in [-0.15, -0.1) is 0 Å². The molecule has 1 N–H and O–H groups in total. The molecule has 222 valence electrons. The zero-order chi connectivity index (χ0) is 30.1. The fraction of sp³-hybridized carbons (Fsp3) is 0.333. The van der Waals surface area contributed by atoms with Crippen molar-refractivity contribution in [1.82, 2.24) is 14.9 Å². The minimum atomic E-state index is -0.199. The van der Waals surface area contributed by atoms with E-state index < -0.39 is 0 Å². The first kappa shape index (κ1) is 29.2. The lowest BCUT2D eigenvalue weighted by Gasteiger charge is -2.29. The molecule has 1 saturated carbocycles. The third-order valence-electron chi connectivity index (χ3n) is 8.36. The SMILES string of the molecule is COc1cc(OC)c(Cl)c(-c2ccc3nc(NC4CCCCCC[C@H](N5C(=O)c6ccccc6C5=O)C4)ncc3c2)c1Cl. The molecule has 1 aliphatic carbocycles. The summed E-state index contributed by atoms with van der Waals surface area (Å²) in [6.07, 6.45) is 8.30. The van der Waals surface area contributed by atoms with Gasteiger partial charge in [-0.3, -0.25) is 14.5 Å². The lowest BCUT2D eigenvalue weighted by atomic mass is 9.99. The van der Waals surface area contributed by atoms with Gasteiger partial charge in [-0.25, -0.2) is 9.97 Å². The van der Waals surface area contributed by atoms with Crippen molar-refractivity contribution in [2.45, 2.75) is 57.0 Å². The average Bonchev–Trinajstić information content (AvgIpc) is 3.33. The molecule has 1 unspecified atom stereocenters. The van der Waals surface area contributed by atoms with E-state index >= 15 is 0 Å². The molecule has 10 heteroatoms. The van der Waals surface area contributed by atoms with E-state index in [0.717, 1.165) is 55.0 Å². The van der Waals surface area contributed by atoms with E-state index in [1.165, 1.54) is 4.90 Å². The molecule has 2 amide bonds. The number of carbonyl (C=O) groups excluding carboxylic acids is 2. The first-order valence-electron chi connectivity index (χ1n) is 14.5. The number of hydrogen-bond acceptors (Lipinski definition) is 7. The van der Waals surface area contributed by atoms with Crippen molar-refractivity contribution in [2.24, 2.45) is 0 Å². The standard InChI is InChI=1S/C33H32Cl2N4O4/c1-42-26-17-27(43-2)30(35)28(29(26)34)19-13-14-25-20(15-19)18-36-33(38-25)37-21-9-5-3-4-6-10-22(16-21)39-31(40)23-11-7-8-12-24(23)32(39)41/h7-8,11-15,17-18,21-22H,3-6,9-10,16H2,1-2H3,(H,36,37,38)/t21?,22-/m0/s1. The summed E-state index contributed by atoms with van der Waals surface area (Å²) in [4.78, 5) is 37.5. The van der Waals surface area contributed by atoms with Gasteiger partial charge in [-0.05, 0) is 49.1 Å². The summed E-state index contributed by atoms with van der Waals surface area (Å²) >= 11 is 13.3. The second kappa shape index (κ2) is 12.4. The number of anilines is 1. The molecule has 8 nitrogen and oxygen atoms in total. The number of hydrogen-bond donors (Lipinski definition) is 1. The van der Waals surface area contributed by atoms with Crippen LogP contribution in [-0.2, 0) is 0 Å². The van der Waals surface area contributed by atoms with E-state index in [1.54, 1.807) is 50.7 Å². The molecular formula is C33H32Cl2N4O4. The van der Waals surface area contributed by atoms with Crippen LogP contribution < -0.4 is 14.8 Å². The second-order valence-corrected chi connectivity index (χ2v) is 11.8. The number of amides is 2. The number of rotatable bonds is 6. The van der Waals surface area contributed by atoms with Crippen LogP contribution in [0.3, 0.4) is 0 Å². The van der Waals surface area contributed by atoms with Gasteiger partial charge >= 0.3 is 0 Å². The number of halogens is 2. The molecule has 0 saturated heterocycles. The molecule has 6 rings (SSSR count). The number of carbonyl (C=O) groups is 2. The van der Waals surface area contributed by atoms with Crippen LogP contribution in [0.15, 0.2) is 54.7 Å². The highest BCUT2D eigenvalue weighted by molar-refractivity contribution is 6.41. The normalized spacial score (nSPS) is 19.0. The third kappa shape index (κ3) is 5.61. The van der Waals surface area contributed by atoms with Crippen LogP contribution >= 0.6 is 23.2 Å². The van der Waals surface area contributed by atoms with Crippen molar-refractivity contribution >= 4 is 51.9 Å². The molecular weight excluding hydrogens is 587 g/mol. The summed E-state index contributed by atoms with van der Waals surface area (Å²) in [6.45, 7) is 0. The molecule has 4 aromatic rings. The summed E-state index contributed by atoms with van der Waals surface area (Å²) in [6, 6.07) is 14.3. The predicted octanol–water partition coefficient (Wildman–Crippen LogP) is 7.81. The average molecular weight is 620 g/mol. The summed E-state index contributed by atoms with van der Waals surface area (Å²) in [5, 5.41) is 5.11. The lowest BCUT2D eigenvalue weighted by molar-refractivity contribution is 0.0562. The molecule has 1 fully saturated rings. The molecule has 0 spiro atoms. The van der Waals surface area contributed by atoms with Crippen LogP contribution in [0.4, 0.5) is 5.95 Å². The smallest absolute Gasteiger partial charge is 0.261 e. The molecule has 43 heavy (non-hydrogen) atoms. The monoisotopic (exact) mass is 618 g/mol. The van der Waals surface area contributed by atoms with Crippen LogP contribution in [0.25, 0.3) is 22.0 Å². The Labute approximate surface area is 260 Å². The Bertz CT molecular complexity index is 1650. The van der Waals surface area contributed by atoms with E-state index in [4.69, 9.17) is 37.7 Å². The molecule has 0 radical (unpaired) electrons. The van der Waals surface area contributed by atoms with E-state index in [2.05, 4.69) is 10.3 Å². The summed E-state index contributed by atoms with van der Waals surface area (Å²) in [7, 11) is 3.09. The number of fused-ring (bicyclic) bond motifs is 2. The number of nitrogens with zero attached hydrogens (tertiary/aromatic N) is 3. The molecule has 1 aliphatic heterocycles. The summed E-state index contributed by atoms with van der Waals surface area (Å²) < 4.78 is 10.9. The minimum absolute atomic E-state index is 0.00555. The maximum Gasteiger partial charge on any atom is 0.261 e. The van der Waals surface area contributed by atoms with Gasteiger partial charge in [-0.2, -0.15) is 0 Å². The predicted molar refractivity (Wildman–Crippen MR) is 169 cm³/mol. The Morgan fingerprint density at radius 3 is 2.16 bits per heavy atom. The second-order valence-electron chi connectivity index (χ2n) is 11.0. The Kier molecular flexibility index (Phi) is 8.41. The van der Waals surface area contributed by atoms with Gasteiger partial charge in [0.1, 0.15) is 11.5 Å². The number of methoxy groups -OCH3 is 2. The van der Waals surface area contributed by atoms with Crippen molar-refractivity contribution in [2.75, 3.05) is 19.5 Å². The molecule has 3 aromatic carbocycles. The first-order valence-corrected chi connectivity index (χ1v) is 15.3. The summed E-state index contributed by atoms with van der Waals surface area (Å²) in [5.41, 5.74) is 3.12. The van der Waals surface area contributed by atoms with Crippen LogP contribution in [0.5, 0.6) is 11.5 Å². The van der Waals surface area contributed by atoms with Gasteiger partial charge in [-0.1, -0.05) is 67.1 Å². The van der Waals surface area contributed by atoms with Gasteiger partial charge < -0.3 is 14.8 Å². The van der Waals surface area contributed by atoms with Gasteiger partial charge in [0.15, 0.2) is 0 Å². The number of ether oxygens (including phenoxy) is 2. The van der Waals surface area contributed by atoms with Crippen molar-refractivity contribution in [1.29, 1.82) is 0 Å². The Morgan fingerprint density at radius 1 is 0.860 bits per heavy atom. The highest BCUT2D eigenvalue weighted by Crippen LogP contribution is 2.46. The Balaban J connectivity index is 1.25. The van der Waals surface area contributed by atoms with E-state index in [0.29, 0.717) is 50.6 Å². The molecule has 2 aliphatic rings. The number of imide groups is 1. The number of benzene rings is 3. The lowest BCUT2D eigenvalue weighted by Crippen LogP contribution is -2.43. The Hall–Kier alpha value is -3.88. The molecule has 0 bridgehead atoms. The number of aromatic nitrogens is 2. The van der Waals surface area contributed by atoms with Crippen molar-refractivity contribution < 1.29 is 19.1 Å². The maximum absolute atomic E-state index is 13.3. The topological polar surface area (TPSA) is 93.7 Å². The fourth-order valence-corrected chi connectivity index (χ4v) is 6.89. The van der Waals surface area contributed by atoms with Crippen molar-refractivity contribution in [3.63, 3.8) is 0 Å². The zero-order valence-electron chi connectivity index (χ0n) is 24.0. The molecule has 2 heterocycles. The van der Waals surface area contributed by atoms with E-state index in [-0.39, 0.29) is 23.9 Å². The van der Waals surface area contributed by atoms with Crippen LogP contribution in [-0.4, -0.2) is 53.0 Å². The minimum Gasteiger partial charge on any atom is -0.495 e. The van der Waals surface area contributed by atoms with Crippen molar-refractivity contribution in [3.8, 4) is 22.6 Å². The van der Waals surface area contributed by atoms with Crippen LogP contribution in [0, 0.1) is 0 Å². The quantitative estimate of drug-likeness (QED) is 0.220. The highest BCUT2D eigenvalue weighted by Gasteiger charge is 2.40. The third-order valence-corrected chi connectivity index (χ3v) is 9.11. The summed E-state index contributed by atoms with van der Waals surface area (Å²) in [5.74, 6) is 1.03. The largest absolute Gasteiger partial charge is 0.495 e. The Morgan fingerprint density at radius 2 is 1.51 bits per heavy atom. The van der Waals surface area contributed by atoms with Crippen molar-refractivity contribution in [3.05, 3.63) is 75.9 Å². The van der Waals surface area contributed by atoms with Gasteiger partial charge in [0.05, 0.1) is 40.9 Å². The number of nitrogens with one attached hydrogen (secondary N) is 1. The van der Waals surface area contributed by atoms with E-state index in [1.807, 2.05) is 18.2 Å². The molecule has 2 atom stereocenters. The maximum atomic E-state index is 13.3. The van der Waals surface area contributed by atoms with Gasteiger partial charge in [0.25, 0.3) is 11.8 Å². The van der Waals surface area contributed by atoms with Crippen LogP contribution in [0.2, 0.25) is 10.0 Å².